The van der Waals surface area contributed by atoms with Crippen molar-refractivity contribution in [1.29, 1.82) is 0 Å². The summed E-state index contributed by atoms with van der Waals surface area (Å²) in [6.07, 6.45) is 2.49. The quantitative estimate of drug-likeness (QED) is 0.337. The maximum Gasteiger partial charge on any atom is 0.0868 e. The molecule has 10 heavy (non-hydrogen) atoms. The topological polar surface area (TPSA) is 12.4 Å². The van der Waals surface area contributed by atoms with E-state index >= 15 is 0 Å². The molecule has 0 spiro atoms. The third kappa shape index (κ3) is 5.46. The van der Waals surface area contributed by atoms with Crippen LogP contribution in [0.2, 0.25) is 0 Å². The molecule has 54 valence electrons. The first-order valence-corrected chi connectivity index (χ1v) is 3.65. The van der Waals surface area contributed by atoms with Gasteiger partial charge in [-0.2, -0.15) is 0 Å². The molecule has 0 rings (SSSR count). The van der Waals surface area contributed by atoms with Gasteiger partial charge in [0.1, 0.15) is 0 Å². The maximum atomic E-state index is 3.97. The summed E-state index contributed by atoms with van der Waals surface area (Å²) in [5.41, 5.74) is 0.826. The van der Waals surface area contributed by atoms with Gasteiger partial charge in [-0.15, -0.1) is 12.6 Å². The zero-order valence-corrected chi connectivity index (χ0v) is 7.15. The van der Waals surface area contributed by atoms with E-state index in [1.807, 2.05) is 13.8 Å². The Morgan fingerprint density at radius 3 is 2.90 bits per heavy atom. The van der Waals surface area contributed by atoms with Crippen LogP contribution in [0.1, 0.15) is 20.3 Å². The number of aliphatic imine (C=N–C) groups is 1. The monoisotopic (exact) mass is 153 g/mol. The van der Waals surface area contributed by atoms with Crippen LogP contribution in [0.3, 0.4) is 0 Å². The molecule has 0 N–H and O–H groups in total. The standard InChI is InChI=1S/C8H11NS/c1-3-4-5-8(2)9-6-7-10/h6-7,10H,3H2,1-2H3/b7-6-,9-8+. The second kappa shape index (κ2) is 6.44. The Morgan fingerprint density at radius 2 is 2.40 bits per heavy atom. The molecule has 0 aliphatic carbocycles. The van der Waals surface area contributed by atoms with E-state index in [1.54, 1.807) is 11.6 Å². The molecule has 0 atom stereocenters. The fraction of sp³-hybridized carbons (Fsp3) is 0.375. The molecule has 0 aliphatic heterocycles. The van der Waals surface area contributed by atoms with E-state index in [9.17, 15) is 0 Å². The summed E-state index contributed by atoms with van der Waals surface area (Å²) < 4.78 is 0. The van der Waals surface area contributed by atoms with E-state index in [2.05, 4.69) is 29.5 Å². The molecule has 0 fully saturated rings. The highest BCUT2D eigenvalue weighted by Crippen LogP contribution is 1.81. The van der Waals surface area contributed by atoms with Gasteiger partial charge in [0.25, 0.3) is 0 Å². The normalized spacial score (nSPS) is 11.3. The number of rotatable bonds is 1. The van der Waals surface area contributed by atoms with Gasteiger partial charge in [0.05, 0.1) is 5.71 Å². The van der Waals surface area contributed by atoms with E-state index in [0.29, 0.717) is 0 Å². The summed E-state index contributed by atoms with van der Waals surface area (Å²) in [7, 11) is 0. The van der Waals surface area contributed by atoms with Gasteiger partial charge in [-0.25, -0.2) is 0 Å². The summed E-state index contributed by atoms with van der Waals surface area (Å²) in [6.45, 7) is 3.88. The van der Waals surface area contributed by atoms with Crippen molar-refractivity contribution in [3.63, 3.8) is 0 Å². The van der Waals surface area contributed by atoms with Crippen molar-refractivity contribution >= 4 is 18.3 Å². The van der Waals surface area contributed by atoms with Crippen LogP contribution in [0.15, 0.2) is 16.6 Å². The predicted molar refractivity (Wildman–Crippen MR) is 49.3 cm³/mol. The minimum atomic E-state index is 0.826. The molecule has 0 heterocycles. The van der Waals surface area contributed by atoms with E-state index < -0.39 is 0 Å². The van der Waals surface area contributed by atoms with Crippen LogP contribution >= 0.6 is 12.6 Å². The summed E-state index contributed by atoms with van der Waals surface area (Å²) in [5.74, 6) is 5.80. The third-order valence-corrected chi connectivity index (χ3v) is 0.914. The van der Waals surface area contributed by atoms with Gasteiger partial charge in [-0.1, -0.05) is 18.8 Å². The first-order chi connectivity index (χ1) is 4.81. The Hall–Kier alpha value is -0.680. The molecule has 2 heteroatoms. The van der Waals surface area contributed by atoms with Crippen molar-refractivity contribution < 1.29 is 0 Å². The van der Waals surface area contributed by atoms with Gasteiger partial charge >= 0.3 is 0 Å². The lowest BCUT2D eigenvalue weighted by molar-refractivity contribution is 1.28. The Bertz CT molecular complexity index is 193. The molecule has 0 amide bonds. The Morgan fingerprint density at radius 1 is 1.70 bits per heavy atom. The van der Waals surface area contributed by atoms with Crippen LogP contribution in [0.4, 0.5) is 0 Å². The predicted octanol–water partition coefficient (Wildman–Crippen LogP) is 2.26. The van der Waals surface area contributed by atoms with Gasteiger partial charge < -0.3 is 0 Å². The van der Waals surface area contributed by atoms with Crippen molar-refractivity contribution in [1.82, 2.24) is 0 Å². The fourth-order valence-corrected chi connectivity index (χ4v) is 0.460. The van der Waals surface area contributed by atoms with Crippen molar-refractivity contribution in [2.24, 2.45) is 4.99 Å². The van der Waals surface area contributed by atoms with Crippen molar-refractivity contribution in [2.45, 2.75) is 20.3 Å². The Balaban J connectivity index is 3.94. The molecule has 0 aromatic carbocycles. The number of nitrogens with zero attached hydrogens (tertiary/aromatic N) is 1. The molecule has 0 saturated carbocycles. The lowest BCUT2D eigenvalue weighted by Gasteiger charge is -1.80. The molecular weight excluding hydrogens is 142 g/mol. The van der Waals surface area contributed by atoms with Crippen LogP contribution in [0, 0.1) is 11.8 Å². The van der Waals surface area contributed by atoms with Crippen LogP contribution < -0.4 is 0 Å². The summed E-state index contributed by atoms with van der Waals surface area (Å²) in [4.78, 5) is 3.97. The Labute approximate surface area is 67.7 Å². The smallest absolute Gasteiger partial charge is 0.0868 e. The number of hydrogen-bond donors (Lipinski definition) is 1. The lowest BCUT2D eigenvalue weighted by atomic mass is 10.4. The second-order valence-electron chi connectivity index (χ2n) is 1.67. The minimum absolute atomic E-state index is 0.826. The van der Waals surface area contributed by atoms with Crippen molar-refractivity contribution in [3.8, 4) is 11.8 Å². The third-order valence-electron chi connectivity index (χ3n) is 0.781. The molecule has 0 bridgehead atoms. The zero-order chi connectivity index (χ0) is 7.82. The first-order valence-electron chi connectivity index (χ1n) is 3.13. The highest BCUT2D eigenvalue weighted by Gasteiger charge is 1.75. The van der Waals surface area contributed by atoms with Gasteiger partial charge in [0, 0.05) is 12.6 Å². The van der Waals surface area contributed by atoms with Gasteiger partial charge in [-0.05, 0) is 12.3 Å². The fourth-order valence-electron chi connectivity index (χ4n) is 0.394. The first kappa shape index (κ1) is 9.32. The van der Waals surface area contributed by atoms with Crippen LogP contribution in [-0.2, 0) is 0 Å². The largest absolute Gasteiger partial charge is 0.252 e. The summed E-state index contributed by atoms with van der Waals surface area (Å²) in [5, 5.41) is 1.58. The molecular formula is C8H11NS. The van der Waals surface area contributed by atoms with Crippen LogP contribution in [0.25, 0.3) is 0 Å². The maximum absolute atomic E-state index is 3.97. The van der Waals surface area contributed by atoms with Gasteiger partial charge in [0.2, 0.25) is 0 Å². The second-order valence-corrected chi connectivity index (χ2v) is 1.97. The van der Waals surface area contributed by atoms with Gasteiger partial charge in [0.15, 0.2) is 0 Å². The summed E-state index contributed by atoms with van der Waals surface area (Å²) in [6, 6.07) is 0. The van der Waals surface area contributed by atoms with E-state index in [1.165, 1.54) is 0 Å². The van der Waals surface area contributed by atoms with E-state index in [-0.39, 0.29) is 0 Å². The molecule has 0 aromatic heterocycles. The van der Waals surface area contributed by atoms with Gasteiger partial charge in [-0.3, -0.25) is 4.99 Å². The highest BCUT2D eigenvalue weighted by atomic mass is 32.1. The lowest BCUT2D eigenvalue weighted by Crippen LogP contribution is -1.81. The molecule has 1 nitrogen and oxygen atoms in total. The molecule has 0 radical (unpaired) electrons. The van der Waals surface area contributed by atoms with E-state index in [0.717, 1.165) is 12.1 Å². The van der Waals surface area contributed by atoms with Crippen molar-refractivity contribution in [3.05, 3.63) is 11.6 Å². The summed E-state index contributed by atoms with van der Waals surface area (Å²) >= 11 is 3.85. The van der Waals surface area contributed by atoms with Crippen LogP contribution in [-0.4, -0.2) is 5.71 Å². The number of thiol groups is 1. The van der Waals surface area contributed by atoms with Crippen LogP contribution in [0.5, 0.6) is 0 Å². The zero-order valence-electron chi connectivity index (χ0n) is 6.26. The SMILES string of the molecule is CCC#C/C(C)=N/C=C\S. The molecule has 0 aliphatic rings. The molecule has 0 saturated heterocycles. The average molecular weight is 153 g/mol. The average Bonchev–Trinajstić information content (AvgIpc) is 1.97. The van der Waals surface area contributed by atoms with E-state index in [4.69, 9.17) is 0 Å². The Kier molecular flexibility index (Phi) is 6.00. The highest BCUT2D eigenvalue weighted by molar-refractivity contribution is 7.83. The number of hydrogen-bond acceptors (Lipinski definition) is 2. The minimum Gasteiger partial charge on any atom is -0.252 e. The molecule has 0 aromatic rings. The van der Waals surface area contributed by atoms with Crippen molar-refractivity contribution in [2.75, 3.05) is 0 Å². The molecule has 0 unspecified atom stereocenters.